The summed E-state index contributed by atoms with van der Waals surface area (Å²) < 4.78 is 6.29. The van der Waals surface area contributed by atoms with Gasteiger partial charge in [-0.15, -0.1) is 0 Å². The smallest absolute Gasteiger partial charge is 0.167 e. The maximum atomic E-state index is 13.3. The van der Waals surface area contributed by atoms with Crippen molar-refractivity contribution in [1.82, 2.24) is 0 Å². The van der Waals surface area contributed by atoms with Crippen molar-refractivity contribution in [2.45, 2.75) is 31.6 Å². The number of carbonyl (C=O) groups is 1. The second-order valence-electron chi connectivity index (χ2n) is 7.50. The number of carbonyl (C=O) groups excluding carboxylic acids is 1. The molecular weight excluding hydrogens is 308 g/mol. The van der Waals surface area contributed by atoms with Gasteiger partial charge < -0.3 is 4.42 Å². The number of rotatable bonds is 0. The Morgan fingerprint density at radius 1 is 0.800 bits per heavy atom. The van der Waals surface area contributed by atoms with Crippen molar-refractivity contribution in [3.05, 3.63) is 59.7 Å². The maximum absolute atomic E-state index is 13.3. The van der Waals surface area contributed by atoms with E-state index in [2.05, 4.69) is 24.3 Å². The summed E-state index contributed by atoms with van der Waals surface area (Å²) in [6.45, 7) is 0. The highest BCUT2D eigenvalue weighted by Crippen LogP contribution is 2.53. The topological polar surface area (TPSA) is 30.2 Å². The van der Waals surface area contributed by atoms with Gasteiger partial charge in [0.2, 0.25) is 0 Å². The van der Waals surface area contributed by atoms with Gasteiger partial charge in [0.05, 0.1) is 0 Å². The van der Waals surface area contributed by atoms with Gasteiger partial charge in [0.25, 0.3) is 0 Å². The molecule has 0 amide bonds. The van der Waals surface area contributed by atoms with E-state index in [1.54, 1.807) is 0 Å². The average Bonchev–Trinajstić information content (AvgIpc) is 3.19. The van der Waals surface area contributed by atoms with Crippen LogP contribution in [0.25, 0.3) is 32.7 Å². The van der Waals surface area contributed by atoms with Crippen molar-refractivity contribution >= 4 is 38.5 Å². The van der Waals surface area contributed by atoms with Crippen LogP contribution in [0.15, 0.2) is 52.9 Å². The Hall–Kier alpha value is -2.61. The lowest BCUT2D eigenvalue weighted by Gasteiger charge is -2.24. The number of Topliss-reactive ketones (excluding diaryl/α,β-unsaturated/α-hetero) is 1. The number of hydrogen-bond donors (Lipinski definition) is 0. The first-order chi connectivity index (χ1) is 12.3. The predicted octanol–water partition coefficient (Wildman–Crippen LogP) is 6.21. The largest absolute Gasteiger partial charge is 0.455 e. The van der Waals surface area contributed by atoms with Crippen molar-refractivity contribution in [2.24, 2.45) is 5.92 Å². The standard InChI is InChI=1S/C23H18O2/c24-22-15-9-3-1-7-13(15)19-20(22)14-8-2-4-10-16(14)23-21(19)17-11-5-6-12-18(17)25-23/h2,4-6,8,10-13,15H,1,3,7,9H2/t13-,15+/m1/s1. The molecule has 4 aromatic rings. The van der Waals surface area contributed by atoms with Gasteiger partial charge in [-0.25, -0.2) is 0 Å². The van der Waals surface area contributed by atoms with E-state index in [1.807, 2.05) is 24.3 Å². The lowest BCUT2D eigenvalue weighted by Crippen LogP contribution is -2.17. The Morgan fingerprint density at radius 2 is 1.48 bits per heavy atom. The summed E-state index contributed by atoms with van der Waals surface area (Å²) in [7, 11) is 0. The molecule has 1 saturated carbocycles. The van der Waals surface area contributed by atoms with Gasteiger partial charge in [-0.1, -0.05) is 55.3 Å². The average molecular weight is 326 g/mol. The molecule has 0 aliphatic heterocycles. The second kappa shape index (κ2) is 4.72. The van der Waals surface area contributed by atoms with Crippen LogP contribution in [0, 0.1) is 5.92 Å². The number of para-hydroxylation sites is 1. The number of ketones is 1. The summed E-state index contributed by atoms with van der Waals surface area (Å²) in [5, 5.41) is 4.48. The molecular formula is C23H18O2. The Kier molecular flexibility index (Phi) is 2.58. The van der Waals surface area contributed by atoms with Gasteiger partial charge >= 0.3 is 0 Å². The lowest BCUT2D eigenvalue weighted by molar-refractivity contribution is 0.0899. The van der Waals surface area contributed by atoms with Crippen molar-refractivity contribution in [2.75, 3.05) is 0 Å². The van der Waals surface area contributed by atoms with Crippen LogP contribution in [0.5, 0.6) is 0 Å². The summed E-state index contributed by atoms with van der Waals surface area (Å²) in [5.74, 6) is 0.902. The van der Waals surface area contributed by atoms with E-state index in [9.17, 15) is 4.79 Å². The number of hydrogen-bond acceptors (Lipinski definition) is 2. The van der Waals surface area contributed by atoms with Crippen LogP contribution in [0.1, 0.15) is 47.5 Å². The van der Waals surface area contributed by atoms with E-state index in [-0.39, 0.29) is 5.92 Å². The molecule has 1 aromatic heterocycles. The van der Waals surface area contributed by atoms with E-state index >= 15 is 0 Å². The summed E-state index contributed by atoms with van der Waals surface area (Å²) in [6, 6.07) is 16.5. The van der Waals surface area contributed by atoms with E-state index < -0.39 is 0 Å². The molecule has 1 heterocycles. The Morgan fingerprint density at radius 3 is 2.32 bits per heavy atom. The molecule has 25 heavy (non-hydrogen) atoms. The van der Waals surface area contributed by atoms with E-state index in [4.69, 9.17) is 4.42 Å². The quantitative estimate of drug-likeness (QED) is 0.384. The highest BCUT2D eigenvalue weighted by Gasteiger charge is 2.43. The maximum Gasteiger partial charge on any atom is 0.167 e. The van der Waals surface area contributed by atoms with Gasteiger partial charge in [-0.3, -0.25) is 4.79 Å². The number of furan rings is 1. The number of benzene rings is 3. The van der Waals surface area contributed by atoms with Crippen LogP contribution in [-0.4, -0.2) is 5.78 Å². The fourth-order valence-electron chi connectivity index (χ4n) is 5.28. The van der Waals surface area contributed by atoms with Crippen LogP contribution in [-0.2, 0) is 0 Å². The van der Waals surface area contributed by atoms with E-state index in [0.29, 0.717) is 11.7 Å². The lowest BCUT2D eigenvalue weighted by atomic mass is 9.78. The van der Waals surface area contributed by atoms with Gasteiger partial charge in [-0.2, -0.15) is 0 Å². The summed E-state index contributed by atoms with van der Waals surface area (Å²) in [6.07, 6.45) is 4.55. The molecule has 3 aromatic carbocycles. The first-order valence-electron chi connectivity index (χ1n) is 9.24. The number of fused-ring (bicyclic) bond motifs is 10. The fraction of sp³-hybridized carbons (Fsp3) is 0.261. The molecule has 0 N–H and O–H groups in total. The molecule has 2 nitrogen and oxygen atoms in total. The monoisotopic (exact) mass is 326 g/mol. The van der Waals surface area contributed by atoms with Crippen molar-refractivity contribution < 1.29 is 9.21 Å². The van der Waals surface area contributed by atoms with Crippen LogP contribution in [0.2, 0.25) is 0 Å². The molecule has 2 aliphatic carbocycles. The molecule has 2 atom stereocenters. The van der Waals surface area contributed by atoms with Gasteiger partial charge in [0.15, 0.2) is 5.78 Å². The third-order valence-corrected chi connectivity index (χ3v) is 6.30. The SMILES string of the molecule is O=C1c2c(c3c4ccccc4oc3c3ccccc23)[C@@H]2CCCC[C@H]12. The van der Waals surface area contributed by atoms with Crippen LogP contribution < -0.4 is 0 Å². The molecule has 2 aliphatic rings. The fourth-order valence-corrected chi connectivity index (χ4v) is 5.28. The minimum absolute atomic E-state index is 0.173. The summed E-state index contributed by atoms with van der Waals surface area (Å²) in [4.78, 5) is 13.3. The minimum Gasteiger partial charge on any atom is -0.455 e. The molecule has 0 radical (unpaired) electrons. The van der Waals surface area contributed by atoms with Gasteiger partial charge in [-0.05, 0) is 35.8 Å². The molecule has 0 unspecified atom stereocenters. The van der Waals surface area contributed by atoms with Crippen molar-refractivity contribution in [3.8, 4) is 0 Å². The zero-order chi connectivity index (χ0) is 16.5. The van der Waals surface area contributed by atoms with E-state index in [1.165, 1.54) is 23.8 Å². The second-order valence-corrected chi connectivity index (χ2v) is 7.50. The highest BCUT2D eigenvalue weighted by atomic mass is 16.3. The Labute approximate surface area is 145 Å². The first-order valence-corrected chi connectivity index (χ1v) is 9.24. The highest BCUT2D eigenvalue weighted by molar-refractivity contribution is 6.25. The molecule has 122 valence electrons. The van der Waals surface area contributed by atoms with E-state index in [0.717, 1.165) is 45.7 Å². The van der Waals surface area contributed by atoms with Gasteiger partial charge in [0, 0.05) is 27.6 Å². The Balaban J connectivity index is 1.89. The van der Waals surface area contributed by atoms with Crippen LogP contribution in [0.3, 0.4) is 0 Å². The van der Waals surface area contributed by atoms with Crippen molar-refractivity contribution in [1.29, 1.82) is 0 Å². The molecule has 0 spiro atoms. The zero-order valence-electron chi connectivity index (χ0n) is 13.9. The summed E-state index contributed by atoms with van der Waals surface area (Å²) in [5.41, 5.74) is 4.12. The minimum atomic E-state index is 0.173. The van der Waals surface area contributed by atoms with Gasteiger partial charge in [0.1, 0.15) is 11.2 Å². The third kappa shape index (κ3) is 1.62. The molecule has 0 saturated heterocycles. The Bertz CT molecular complexity index is 1180. The van der Waals surface area contributed by atoms with Crippen LogP contribution in [0.4, 0.5) is 0 Å². The summed E-state index contributed by atoms with van der Waals surface area (Å²) >= 11 is 0. The van der Waals surface area contributed by atoms with Crippen molar-refractivity contribution in [3.63, 3.8) is 0 Å². The van der Waals surface area contributed by atoms with Crippen LogP contribution >= 0.6 is 0 Å². The predicted molar refractivity (Wildman–Crippen MR) is 100 cm³/mol. The molecule has 2 heteroatoms. The first kappa shape index (κ1) is 13.7. The normalized spacial score (nSPS) is 22.6. The molecule has 1 fully saturated rings. The zero-order valence-corrected chi connectivity index (χ0v) is 13.9. The molecule has 0 bridgehead atoms. The molecule has 6 rings (SSSR count). The third-order valence-electron chi connectivity index (χ3n) is 6.30.